The molecule has 25 heavy (non-hydrogen) atoms. The van der Waals surface area contributed by atoms with Crippen molar-refractivity contribution >= 4 is 28.5 Å². The molecule has 0 bridgehead atoms. The number of nitrogens with zero attached hydrogens (tertiary/aromatic N) is 3. The average molecular weight is 339 g/mol. The number of nitrogens with two attached hydrogens (primary N) is 1. The monoisotopic (exact) mass is 339 g/mol. The summed E-state index contributed by atoms with van der Waals surface area (Å²) in [7, 11) is 0. The molecule has 0 aliphatic carbocycles. The molecule has 0 saturated carbocycles. The highest BCUT2D eigenvalue weighted by Crippen LogP contribution is 2.18. The third kappa shape index (κ3) is 3.74. The second-order valence-electron chi connectivity index (χ2n) is 5.34. The minimum Gasteiger partial charge on any atom is -0.484 e. The summed E-state index contributed by atoms with van der Waals surface area (Å²) < 4.78 is 6.93. The van der Waals surface area contributed by atoms with E-state index in [2.05, 4.69) is 15.6 Å². The summed E-state index contributed by atoms with van der Waals surface area (Å²) in [6.07, 6.45) is 0. The number of amides is 2. The number of ether oxygens (including phenoxy) is 1. The van der Waals surface area contributed by atoms with Gasteiger partial charge in [-0.3, -0.25) is 9.59 Å². The Morgan fingerprint density at radius 3 is 2.64 bits per heavy atom. The molecule has 8 heteroatoms. The molecule has 0 aliphatic heterocycles. The molecular weight excluding hydrogens is 322 g/mol. The number of anilines is 1. The first-order chi connectivity index (χ1) is 12.1. The predicted octanol–water partition coefficient (Wildman–Crippen LogP) is 1.57. The van der Waals surface area contributed by atoms with E-state index in [1.807, 2.05) is 13.0 Å². The Morgan fingerprint density at radius 1 is 1.20 bits per heavy atom. The number of nitrogens with one attached hydrogen (secondary N) is 1. The predicted molar refractivity (Wildman–Crippen MR) is 92.3 cm³/mol. The SMILES string of the molecule is CCn1nnc2cc(C(=O)Nc3ccc(OCC(N)=O)cc3)ccc21. The highest BCUT2D eigenvalue weighted by atomic mass is 16.5. The number of rotatable bonds is 6. The normalized spacial score (nSPS) is 10.6. The van der Waals surface area contributed by atoms with Crippen LogP contribution in [0.4, 0.5) is 5.69 Å². The highest BCUT2D eigenvalue weighted by Gasteiger charge is 2.10. The Labute approximate surface area is 143 Å². The van der Waals surface area contributed by atoms with E-state index in [0.717, 1.165) is 5.52 Å². The lowest BCUT2D eigenvalue weighted by Crippen LogP contribution is -2.20. The van der Waals surface area contributed by atoms with Crippen LogP contribution in [0.3, 0.4) is 0 Å². The molecule has 0 unspecified atom stereocenters. The maximum Gasteiger partial charge on any atom is 0.255 e. The van der Waals surface area contributed by atoms with Crippen molar-refractivity contribution in [3.63, 3.8) is 0 Å². The van der Waals surface area contributed by atoms with Crippen LogP contribution >= 0.6 is 0 Å². The smallest absolute Gasteiger partial charge is 0.255 e. The van der Waals surface area contributed by atoms with Gasteiger partial charge in [0, 0.05) is 17.8 Å². The molecule has 3 rings (SSSR count). The largest absolute Gasteiger partial charge is 0.484 e. The molecular formula is C17H17N5O3. The van der Waals surface area contributed by atoms with E-state index >= 15 is 0 Å². The van der Waals surface area contributed by atoms with Crippen LogP contribution < -0.4 is 15.8 Å². The summed E-state index contributed by atoms with van der Waals surface area (Å²) in [6.45, 7) is 2.50. The number of aromatic nitrogens is 3. The van der Waals surface area contributed by atoms with Crippen LogP contribution in [-0.4, -0.2) is 33.4 Å². The van der Waals surface area contributed by atoms with Crippen molar-refractivity contribution in [2.45, 2.75) is 13.5 Å². The van der Waals surface area contributed by atoms with Crippen LogP contribution in [0.25, 0.3) is 11.0 Å². The Kier molecular flexibility index (Phi) is 4.60. The van der Waals surface area contributed by atoms with Gasteiger partial charge in [-0.05, 0) is 49.4 Å². The van der Waals surface area contributed by atoms with Crippen molar-refractivity contribution in [3.05, 3.63) is 48.0 Å². The van der Waals surface area contributed by atoms with Crippen LogP contribution in [-0.2, 0) is 11.3 Å². The van der Waals surface area contributed by atoms with E-state index in [1.54, 1.807) is 41.1 Å². The van der Waals surface area contributed by atoms with Gasteiger partial charge in [-0.25, -0.2) is 4.68 Å². The average Bonchev–Trinajstić information content (AvgIpc) is 3.03. The first-order valence-electron chi connectivity index (χ1n) is 7.72. The quantitative estimate of drug-likeness (QED) is 0.708. The Balaban J connectivity index is 1.70. The molecule has 1 aromatic heterocycles. The standard InChI is InChI=1S/C17H17N5O3/c1-2-22-15-8-3-11(9-14(15)20-21-22)17(24)19-12-4-6-13(7-5-12)25-10-16(18)23/h3-9H,2,10H2,1H3,(H2,18,23)(H,19,24). The molecule has 0 saturated heterocycles. The van der Waals surface area contributed by atoms with Gasteiger partial charge in [-0.15, -0.1) is 5.10 Å². The van der Waals surface area contributed by atoms with Gasteiger partial charge in [0.15, 0.2) is 6.61 Å². The first-order valence-corrected chi connectivity index (χ1v) is 7.72. The lowest BCUT2D eigenvalue weighted by atomic mass is 10.2. The van der Waals surface area contributed by atoms with Gasteiger partial charge >= 0.3 is 0 Å². The molecule has 3 N–H and O–H groups in total. The molecule has 0 atom stereocenters. The van der Waals surface area contributed by atoms with E-state index in [-0.39, 0.29) is 12.5 Å². The van der Waals surface area contributed by atoms with Gasteiger partial charge in [0.1, 0.15) is 11.3 Å². The Bertz CT molecular complexity index is 918. The van der Waals surface area contributed by atoms with Crippen molar-refractivity contribution in [1.82, 2.24) is 15.0 Å². The molecule has 0 fully saturated rings. The molecule has 2 aromatic carbocycles. The molecule has 8 nitrogen and oxygen atoms in total. The van der Waals surface area contributed by atoms with E-state index in [1.165, 1.54) is 0 Å². The van der Waals surface area contributed by atoms with Crippen LogP contribution in [0.2, 0.25) is 0 Å². The summed E-state index contributed by atoms with van der Waals surface area (Å²) in [5.41, 5.74) is 7.67. The second-order valence-corrected chi connectivity index (χ2v) is 5.34. The summed E-state index contributed by atoms with van der Waals surface area (Å²) in [5, 5.41) is 10.9. The topological polar surface area (TPSA) is 112 Å². The summed E-state index contributed by atoms with van der Waals surface area (Å²) >= 11 is 0. The third-order valence-electron chi connectivity index (χ3n) is 3.57. The molecule has 0 radical (unpaired) electrons. The van der Waals surface area contributed by atoms with E-state index in [9.17, 15) is 9.59 Å². The number of hydrogen-bond acceptors (Lipinski definition) is 5. The third-order valence-corrected chi connectivity index (χ3v) is 3.57. The maximum absolute atomic E-state index is 12.4. The van der Waals surface area contributed by atoms with Gasteiger partial charge in [-0.1, -0.05) is 5.21 Å². The van der Waals surface area contributed by atoms with Gasteiger partial charge < -0.3 is 15.8 Å². The van der Waals surface area contributed by atoms with E-state index < -0.39 is 5.91 Å². The van der Waals surface area contributed by atoms with E-state index in [4.69, 9.17) is 10.5 Å². The molecule has 0 aliphatic rings. The number of carbonyl (C=O) groups excluding carboxylic acids is 2. The van der Waals surface area contributed by atoms with Crippen molar-refractivity contribution in [2.24, 2.45) is 5.73 Å². The summed E-state index contributed by atoms with van der Waals surface area (Å²) in [6, 6.07) is 11.9. The minimum atomic E-state index is -0.548. The lowest BCUT2D eigenvalue weighted by molar-refractivity contribution is -0.119. The first kappa shape index (κ1) is 16.4. The maximum atomic E-state index is 12.4. The van der Waals surface area contributed by atoms with Gasteiger partial charge in [-0.2, -0.15) is 0 Å². The zero-order valence-electron chi connectivity index (χ0n) is 13.6. The molecule has 0 spiro atoms. The van der Waals surface area contributed by atoms with Crippen LogP contribution in [0, 0.1) is 0 Å². The molecule has 1 heterocycles. The molecule has 2 amide bonds. The fourth-order valence-corrected chi connectivity index (χ4v) is 2.34. The summed E-state index contributed by atoms with van der Waals surface area (Å²) in [5.74, 6) is -0.305. The van der Waals surface area contributed by atoms with Crippen molar-refractivity contribution in [3.8, 4) is 5.75 Å². The number of benzene rings is 2. The fraction of sp³-hybridized carbons (Fsp3) is 0.176. The van der Waals surface area contributed by atoms with Crippen molar-refractivity contribution in [2.75, 3.05) is 11.9 Å². The van der Waals surface area contributed by atoms with E-state index in [0.29, 0.717) is 29.1 Å². The zero-order valence-corrected chi connectivity index (χ0v) is 13.6. The summed E-state index contributed by atoms with van der Waals surface area (Å²) in [4.78, 5) is 23.1. The number of aryl methyl sites for hydroxylation is 1. The van der Waals surface area contributed by atoms with Crippen LogP contribution in [0.5, 0.6) is 5.75 Å². The van der Waals surface area contributed by atoms with Crippen molar-refractivity contribution in [1.29, 1.82) is 0 Å². The second kappa shape index (κ2) is 7.00. The van der Waals surface area contributed by atoms with Gasteiger partial charge in [0.2, 0.25) is 0 Å². The Hall–Kier alpha value is -3.42. The van der Waals surface area contributed by atoms with Crippen LogP contribution in [0.1, 0.15) is 17.3 Å². The fourth-order valence-electron chi connectivity index (χ4n) is 2.34. The van der Waals surface area contributed by atoms with Gasteiger partial charge in [0.05, 0.1) is 5.52 Å². The number of fused-ring (bicyclic) bond motifs is 1. The molecule has 128 valence electrons. The highest BCUT2D eigenvalue weighted by molar-refractivity contribution is 6.05. The Morgan fingerprint density at radius 2 is 1.96 bits per heavy atom. The number of primary amides is 1. The number of hydrogen-bond donors (Lipinski definition) is 2. The van der Waals surface area contributed by atoms with Crippen molar-refractivity contribution < 1.29 is 14.3 Å². The zero-order chi connectivity index (χ0) is 17.8. The lowest BCUT2D eigenvalue weighted by Gasteiger charge is -2.07. The van der Waals surface area contributed by atoms with Crippen LogP contribution in [0.15, 0.2) is 42.5 Å². The minimum absolute atomic E-state index is 0.190. The number of carbonyl (C=O) groups is 2. The molecule has 3 aromatic rings. The van der Waals surface area contributed by atoms with Gasteiger partial charge in [0.25, 0.3) is 11.8 Å².